The summed E-state index contributed by atoms with van der Waals surface area (Å²) in [7, 11) is 0. The number of amides is 1. The predicted molar refractivity (Wildman–Crippen MR) is 102 cm³/mol. The number of nitrogens with one attached hydrogen (secondary N) is 1. The molecule has 1 unspecified atom stereocenters. The first kappa shape index (κ1) is 15.9. The van der Waals surface area contributed by atoms with Crippen molar-refractivity contribution in [3.63, 3.8) is 0 Å². The maximum atomic E-state index is 12.9. The number of fused-ring (bicyclic) bond motifs is 1. The second kappa shape index (κ2) is 6.75. The zero-order chi connectivity index (χ0) is 17.2. The number of hydrogen-bond donors (Lipinski definition) is 1. The van der Waals surface area contributed by atoms with Crippen LogP contribution in [-0.2, 0) is 17.6 Å². The first-order chi connectivity index (χ1) is 12.2. The van der Waals surface area contributed by atoms with Crippen LogP contribution in [0.2, 0.25) is 0 Å². The van der Waals surface area contributed by atoms with Crippen LogP contribution in [0, 0.1) is 6.92 Å². The molecule has 1 saturated heterocycles. The molecule has 0 aliphatic carbocycles. The maximum Gasteiger partial charge on any atom is 0.227 e. The third kappa shape index (κ3) is 3.19. The van der Waals surface area contributed by atoms with Crippen molar-refractivity contribution in [2.75, 3.05) is 6.54 Å². The van der Waals surface area contributed by atoms with Crippen LogP contribution in [0.5, 0.6) is 0 Å². The summed E-state index contributed by atoms with van der Waals surface area (Å²) < 4.78 is 0. The van der Waals surface area contributed by atoms with Gasteiger partial charge in [-0.3, -0.25) is 4.79 Å². The average molecular weight is 332 g/mol. The lowest BCUT2D eigenvalue weighted by Gasteiger charge is -2.25. The molecular weight excluding hydrogens is 308 g/mol. The molecule has 2 aromatic carbocycles. The standard InChI is InChI=1S/C22H24N2O/c1-16-7-2-3-8-17(16)14-22(25)24-12-6-9-19(24)13-18-15-23-21-11-5-4-10-20(18)21/h2-5,7-8,10-11,15,19,23H,6,9,12-14H2,1H3. The Kier molecular flexibility index (Phi) is 4.31. The molecule has 2 heterocycles. The van der Waals surface area contributed by atoms with E-state index < -0.39 is 0 Å². The lowest BCUT2D eigenvalue weighted by Crippen LogP contribution is -2.37. The molecule has 1 atom stereocenters. The third-order valence-electron chi connectivity index (χ3n) is 5.43. The topological polar surface area (TPSA) is 36.1 Å². The normalized spacial score (nSPS) is 17.3. The first-order valence-corrected chi connectivity index (χ1v) is 9.11. The SMILES string of the molecule is Cc1ccccc1CC(=O)N1CCCC1Cc1c[nH]c2ccccc12. The minimum absolute atomic E-state index is 0.261. The van der Waals surface area contributed by atoms with Gasteiger partial charge in [0.05, 0.1) is 6.42 Å². The molecule has 4 rings (SSSR count). The van der Waals surface area contributed by atoms with Gasteiger partial charge in [-0.25, -0.2) is 0 Å². The van der Waals surface area contributed by atoms with Gasteiger partial charge in [-0.15, -0.1) is 0 Å². The second-order valence-electron chi connectivity index (χ2n) is 7.05. The molecule has 3 nitrogen and oxygen atoms in total. The summed E-state index contributed by atoms with van der Waals surface area (Å²) in [4.78, 5) is 18.3. The molecular formula is C22H24N2O. The highest BCUT2D eigenvalue weighted by Gasteiger charge is 2.29. The van der Waals surface area contributed by atoms with Crippen molar-refractivity contribution >= 4 is 16.8 Å². The molecule has 128 valence electrons. The van der Waals surface area contributed by atoms with Gasteiger partial charge in [0.2, 0.25) is 5.91 Å². The van der Waals surface area contributed by atoms with Gasteiger partial charge < -0.3 is 9.88 Å². The number of para-hydroxylation sites is 1. The lowest BCUT2D eigenvalue weighted by molar-refractivity contribution is -0.131. The number of H-pyrrole nitrogens is 1. The minimum Gasteiger partial charge on any atom is -0.361 e. The van der Waals surface area contributed by atoms with Gasteiger partial charge in [0, 0.05) is 29.7 Å². The number of benzene rings is 2. The molecule has 1 amide bonds. The van der Waals surface area contributed by atoms with Gasteiger partial charge >= 0.3 is 0 Å². The van der Waals surface area contributed by atoms with E-state index in [9.17, 15) is 4.79 Å². The number of carbonyl (C=O) groups is 1. The Morgan fingerprint density at radius 2 is 1.92 bits per heavy atom. The minimum atomic E-state index is 0.261. The molecule has 0 radical (unpaired) electrons. The number of nitrogens with zero attached hydrogens (tertiary/aromatic N) is 1. The van der Waals surface area contributed by atoms with Crippen LogP contribution in [0.3, 0.4) is 0 Å². The van der Waals surface area contributed by atoms with Crippen LogP contribution in [0.4, 0.5) is 0 Å². The fraction of sp³-hybridized carbons (Fsp3) is 0.318. The van der Waals surface area contributed by atoms with E-state index in [-0.39, 0.29) is 5.91 Å². The second-order valence-corrected chi connectivity index (χ2v) is 7.05. The Bertz CT molecular complexity index is 896. The average Bonchev–Trinajstić information content (AvgIpc) is 3.25. The summed E-state index contributed by atoms with van der Waals surface area (Å²) in [6.07, 6.45) is 5.75. The highest BCUT2D eigenvalue weighted by molar-refractivity contribution is 5.83. The molecule has 3 aromatic rings. The van der Waals surface area contributed by atoms with E-state index >= 15 is 0 Å². The van der Waals surface area contributed by atoms with Gasteiger partial charge in [-0.05, 0) is 48.9 Å². The van der Waals surface area contributed by atoms with Crippen molar-refractivity contribution in [2.45, 2.75) is 38.6 Å². The molecule has 0 spiro atoms. The Balaban J connectivity index is 1.50. The van der Waals surface area contributed by atoms with Crippen molar-refractivity contribution in [1.82, 2.24) is 9.88 Å². The first-order valence-electron chi connectivity index (χ1n) is 9.11. The molecule has 0 bridgehead atoms. The lowest BCUT2D eigenvalue weighted by atomic mass is 10.0. The zero-order valence-corrected chi connectivity index (χ0v) is 14.7. The highest BCUT2D eigenvalue weighted by atomic mass is 16.2. The van der Waals surface area contributed by atoms with E-state index in [1.165, 1.54) is 22.0 Å². The summed E-state index contributed by atoms with van der Waals surface area (Å²) in [5.41, 5.74) is 4.83. The number of aromatic amines is 1. The van der Waals surface area contributed by atoms with E-state index in [4.69, 9.17) is 0 Å². The predicted octanol–water partition coefficient (Wildman–Crippen LogP) is 4.25. The molecule has 1 aliphatic heterocycles. The number of rotatable bonds is 4. The molecule has 25 heavy (non-hydrogen) atoms. The summed E-state index contributed by atoms with van der Waals surface area (Å²) in [5, 5.41) is 1.28. The van der Waals surface area contributed by atoms with Gasteiger partial charge in [0.1, 0.15) is 0 Å². The number of hydrogen-bond acceptors (Lipinski definition) is 1. The van der Waals surface area contributed by atoms with Crippen LogP contribution in [0.15, 0.2) is 54.7 Å². The number of carbonyl (C=O) groups excluding carboxylic acids is 1. The van der Waals surface area contributed by atoms with Gasteiger partial charge in [-0.2, -0.15) is 0 Å². The fourth-order valence-electron chi connectivity index (χ4n) is 4.00. The van der Waals surface area contributed by atoms with Gasteiger partial charge in [-0.1, -0.05) is 42.5 Å². The van der Waals surface area contributed by atoms with E-state index in [2.05, 4.69) is 59.4 Å². The van der Waals surface area contributed by atoms with Crippen LogP contribution < -0.4 is 0 Å². The summed E-state index contributed by atoms with van der Waals surface area (Å²) in [6, 6.07) is 16.9. The smallest absolute Gasteiger partial charge is 0.227 e. The van der Waals surface area contributed by atoms with Crippen molar-refractivity contribution in [2.24, 2.45) is 0 Å². The van der Waals surface area contributed by atoms with E-state index in [0.29, 0.717) is 12.5 Å². The monoisotopic (exact) mass is 332 g/mol. The van der Waals surface area contributed by atoms with E-state index in [0.717, 1.165) is 31.4 Å². The quantitative estimate of drug-likeness (QED) is 0.762. The van der Waals surface area contributed by atoms with Gasteiger partial charge in [0.15, 0.2) is 0 Å². The van der Waals surface area contributed by atoms with Crippen molar-refractivity contribution in [1.29, 1.82) is 0 Å². The van der Waals surface area contributed by atoms with E-state index in [1.54, 1.807) is 0 Å². The third-order valence-corrected chi connectivity index (χ3v) is 5.43. The summed E-state index contributed by atoms with van der Waals surface area (Å²) in [6.45, 7) is 2.97. The molecule has 0 saturated carbocycles. The van der Waals surface area contributed by atoms with Gasteiger partial charge in [0.25, 0.3) is 0 Å². The summed E-state index contributed by atoms with van der Waals surface area (Å²) >= 11 is 0. The number of likely N-dealkylation sites (tertiary alicyclic amines) is 1. The van der Waals surface area contributed by atoms with Crippen LogP contribution in [0.25, 0.3) is 10.9 Å². The number of aromatic nitrogens is 1. The Morgan fingerprint density at radius 1 is 1.12 bits per heavy atom. The summed E-state index contributed by atoms with van der Waals surface area (Å²) in [5.74, 6) is 0.261. The molecule has 3 heteroatoms. The molecule has 1 aliphatic rings. The van der Waals surface area contributed by atoms with Crippen LogP contribution >= 0.6 is 0 Å². The fourth-order valence-corrected chi connectivity index (χ4v) is 4.00. The Morgan fingerprint density at radius 3 is 2.80 bits per heavy atom. The Labute approximate surface area is 148 Å². The highest BCUT2D eigenvalue weighted by Crippen LogP contribution is 2.26. The molecule has 1 N–H and O–H groups in total. The zero-order valence-electron chi connectivity index (χ0n) is 14.7. The Hall–Kier alpha value is -2.55. The van der Waals surface area contributed by atoms with E-state index in [1.807, 2.05) is 12.1 Å². The largest absolute Gasteiger partial charge is 0.361 e. The number of aryl methyl sites for hydroxylation is 1. The molecule has 1 aromatic heterocycles. The maximum absolute atomic E-state index is 12.9. The van der Waals surface area contributed by atoms with Crippen LogP contribution in [0.1, 0.15) is 29.5 Å². The van der Waals surface area contributed by atoms with Crippen molar-refractivity contribution < 1.29 is 4.79 Å². The molecule has 1 fully saturated rings. The van der Waals surface area contributed by atoms with Crippen molar-refractivity contribution in [3.8, 4) is 0 Å². The van der Waals surface area contributed by atoms with Crippen molar-refractivity contribution in [3.05, 3.63) is 71.4 Å². The van der Waals surface area contributed by atoms with Crippen LogP contribution in [-0.4, -0.2) is 28.4 Å².